The Morgan fingerprint density at radius 1 is 1.31 bits per heavy atom. The average molecular weight is 366 g/mol. The van der Waals surface area contributed by atoms with E-state index in [-0.39, 0.29) is 35.7 Å². The molecular weight excluding hydrogens is 349 g/mol. The van der Waals surface area contributed by atoms with Crippen LogP contribution in [0.15, 0.2) is 12.3 Å². The van der Waals surface area contributed by atoms with Crippen molar-refractivity contribution in [3.8, 4) is 0 Å². The van der Waals surface area contributed by atoms with Crippen LogP contribution >= 0.6 is 0 Å². The molecule has 1 amide bonds. The number of aromatic nitrogens is 3. The van der Waals surface area contributed by atoms with Crippen LogP contribution in [0.4, 0.5) is 13.2 Å². The fourth-order valence-corrected chi connectivity index (χ4v) is 3.86. The molecule has 0 N–H and O–H groups in total. The van der Waals surface area contributed by atoms with E-state index in [0.29, 0.717) is 11.1 Å². The monoisotopic (exact) mass is 366 g/mol. The van der Waals surface area contributed by atoms with Crippen LogP contribution in [-0.4, -0.2) is 44.3 Å². The number of nitrogens with zero attached hydrogens (tertiary/aromatic N) is 4. The first-order valence-corrected chi connectivity index (χ1v) is 8.46. The van der Waals surface area contributed by atoms with E-state index < -0.39 is 23.2 Å². The molecular formula is C17H17F3N4O2. The van der Waals surface area contributed by atoms with Gasteiger partial charge >= 0.3 is 6.18 Å². The maximum Gasteiger partial charge on any atom is 0.433 e. The molecule has 6 nitrogen and oxygen atoms in total. The van der Waals surface area contributed by atoms with Gasteiger partial charge in [0.15, 0.2) is 5.65 Å². The number of amides is 1. The zero-order valence-corrected chi connectivity index (χ0v) is 14.1. The van der Waals surface area contributed by atoms with Gasteiger partial charge in [-0.1, -0.05) is 6.42 Å². The molecule has 9 heteroatoms. The second-order valence-corrected chi connectivity index (χ2v) is 7.11. The Kier molecular flexibility index (Phi) is 3.61. The van der Waals surface area contributed by atoms with Crippen molar-refractivity contribution in [2.75, 3.05) is 13.1 Å². The van der Waals surface area contributed by atoms with Crippen LogP contribution in [-0.2, 0) is 11.0 Å². The number of likely N-dealkylation sites (tertiary alicyclic amines) is 1. The lowest BCUT2D eigenvalue weighted by Gasteiger charge is -2.47. The zero-order chi connectivity index (χ0) is 18.7. The molecule has 2 aromatic rings. The molecule has 4 rings (SSSR count). The van der Waals surface area contributed by atoms with Crippen LogP contribution in [0.2, 0.25) is 0 Å². The first-order chi connectivity index (χ1) is 12.2. The topological polar surface area (TPSA) is 67.6 Å². The number of hydrogen-bond acceptors (Lipinski definition) is 4. The number of Topliss-reactive ketones (excluding diaryl/α,β-unsaturated/α-hetero) is 1. The highest BCUT2D eigenvalue weighted by atomic mass is 19.4. The minimum Gasteiger partial charge on any atom is -0.337 e. The number of halogens is 3. The third-order valence-electron chi connectivity index (χ3n) is 5.41. The molecule has 0 radical (unpaired) electrons. The second kappa shape index (κ2) is 5.52. The first kappa shape index (κ1) is 17.0. The minimum atomic E-state index is -4.61. The third-order valence-corrected chi connectivity index (χ3v) is 5.41. The predicted molar refractivity (Wildman–Crippen MR) is 84.5 cm³/mol. The smallest absolute Gasteiger partial charge is 0.337 e. The van der Waals surface area contributed by atoms with E-state index in [4.69, 9.17) is 0 Å². The minimum absolute atomic E-state index is 0.0306. The van der Waals surface area contributed by atoms with E-state index >= 15 is 0 Å². The molecule has 2 aromatic heterocycles. The van der Waals surface area contributed by atoms with Gasteiger partial charge in [0, 0.05) is 30.6 Å². The maximum atomic E-state index is 13.2. The van der Waals surface area contributed by atoms with E-state index in [2.05, 4.69) is 10.1 Å². The van der Waals surface area contributed by atoms with E-state index in [1.54, 1.807) is 4.90 Å². The van der Waals surface area contributed by atoms with Crippen molar-refractivity contribution in [2.24, 2.45) is 5.41 Å². The van der Waals surface area contributed by atoms with E-state index in [1.165, 1.54) is 6.92 Å². The highest BCUT2D eigenvalue weighted by Crippen LogP contribution is 2.45. The number of rotatable bonds is 1. The molecule has 0 atom stereocenters. The molecule has 1 spiro atoms. The summed E-state index contributed by atoms with van der Waals surface area (Å²) in [5, 5.41) is 3.75. The Hall–Kier alpha value is -2.45. The third kappa shape index (κ3) is 2.48. The zero-order valence-electron chi connectivity index (χ0n) is 14.1. The van der Waals surface area contributed by atoms with E-state index in [0.717, 1.165) is 31.5 Å². The molecule has 2 fully saturated rings. The molecule has 2 aliphatic rings. The number of aryl methyl sites for hydroxylation is 1. The summed E-state index contributed by atoms with van der Waals surface area (Å²) in [6.45, 7) is 2.04. The largest absolute Gasteiger partial charge is 0.433 e. The van der Waals surface area contributed by atoms with Crippen LogP contribution < -0.4 is 0 Å². The summed E-state index contributed by atoms with van der Waals surface area (Å²) in [4.78, 5) is 30.7. The van der Waals surface area contributed by atoms with Gasteiger partial charge in [-0.25, -0.2) is 9.50 Å². The highest BCUT2D eigenvalue weighted by Gasteiger charge is 2.48. The summed E-state index contributed by atoms with van der Waals surface area (Å²) in [7, 11) is 0. The van der Waals surface area contributed by atoms with Crippen LogP contribution in [0.3, 0.4) is 0 Å². The molecule has 1 saturated heterocycles. The average Bonchev–Trinajstić information content (AvgIpc) is 2.95. The van der Waals surface area contributed by atoms with Crippen molar-refractivity contribution < 1.29 is 22.8 Å². The normalized spacial score (nSPS) is 19.8. The summed E-state index contributed by atoms with van der Waals surface area (Å²) < 4.78 is 40.4. The lowest BCUT2D eigenvalue weighted by Crippen LogP contribution is -2.54. The lowest BCUT2D eigenvalue weighted by molar-refractivity contribution is -0.142. The van der Waals surface area contributed by atoms with Crippen molar-refractivity contribution in [3.63, 3.8) is 0 Å². The Balaban J connectivity index is 1.72. The molecule has 26 heavy (non-hydrogen) atoms. The number of alkyl halides is 3. The summed E-state index contributed by atoms with van der Waals surface area (Å²) in [6, 6.07) is 0.900. The number of carbonyl (C=O) groups excluding carboxylic acids is 2. The summed E-state index contributed by atoms with van der Waals surface area (Å²) in [6.07, 6.45) is -0.708. The van der Waals surface area contributed by atoms with Gasteiger partial charge in [0.2, 0.25) is 0 Å². The van der Waals surface area contributed by atoms with Gasteiger partial charge < -0.3 is 4.90 Å². The fourth-order valence-electron chi connectivity index (χ4n) is 3.86. The van der Waals surface area contributed by atoms with Crippen LogP contribution in [0, 0.1) is 12.3 Å². The SMILES string of the molecule is Cc1cc(C(F)(F)F)n2ncc(C(=O)N3CCC(=O)C4(CCC4)C3)c2n1. The van der Waals surface area contributed by atoms with Crippen molar-refractivity contribution >= 4 is 17.3 Å². The Morgan fingerprint density at radius 2 is 2.04 bits per heavy atom. The maximum absolute atomic E-state index is 13.2. The fraction of sp³-hybridized carbons (Fsp3) is 0.529. The Labute approximate surface area is 147 Å². The summed E-state index contributed by atoms with van der Waals surface area (Å²) in [5.74, 6) is -0.244. The van der Waals surface area contributed by atoms with Gasteiger partial charge in [0.1, 0.15) is 17.0 Å². The van der Waals surface area contributed by atoms with Crippen LogP contribution in [0.1, 0.15) is 47.4 Å². The summed E-state index contributed by atoms with van der Waals surface area (Å²) >= 11 is 0. The van der Waals surface area contributed by atoms with Gasteiger partial charge in [0.05, 0.1) is 6.20 Å². The number of ketones is 1. The second-order valence-electron chi connectivity index (χ2n) is 7.11. The van der Waals surface area contributed by atoms with Gasteiger partial charge in [-0.05, 0) is 25.8 Å². The quantitative estimate of drug-likeness (QED) is 0.778. The van der Waals surface area contributed by atoms with Crippen molar-refractivity contribution in [1.29, 1.82) is 0 Å². The molecule has 138 valence electrons. The number of hydrogen-bond donors (Lipinski definition) is 0. The predicted octanol–water partition coefficient (Wildman–Crippen LogP) is 2.64. The van der Waals surface area contributed by atoms with Gasteiger partial charge in [0.25, 0.3) is 5.91 Å². The van der Waals surface area contributed by atoms with Crippen molar-refractivity contribution in [2.45, 2.75) is 38.8 Å². The molecule has 3 heterocycles. The summed E-state index contributed by atoms with van der Waals surface area (Å²) in [5.41, 5.74) is -1.35. The first-order valence-electron chi connectivity index (χ1n) is 8.46. The molecule has 0 aromatic carbocycles. The Bertz CT molecular complexity index is 915. The number of fused-ring (bicyclic) bond motifs is 1. The molecule has 1 aliphatic carbocycles. The van der Waals surface area contributed by atoms with Gasteiger partial charge in [-0.15, -0.1) is 0 Å². The molecule has 1 aliphatic heterocycles. The van der Waals surface area contributed by atoms with Gasteiger partial charge in [-0.2, -0.15) is 18.3 Å². The van der Waals surface area contributed by atoms with Crippen molar-refractivity contribution in [3.05, 3.63) is 29.2 Å². The standard InChI is InChI=1S/C17H17F3N4O2/c1-10-7-12(17(18,19)20)24-14(22-10)11(8-21-24)15(26)23-6-3-13(25)16(9-23)4-2-5-16/h7-8H,2-6,9H2,1H3. The Morgan fingerprint density at radius 3 is 2.65 bits per heavy atom. The number of carbonyl (C=O) groups is 2. The lowest BCUT2D eigenvalue weighted by atomic mass is 9.63. The number of piperidine rings is 1. The molecule has 1 saturated carbocycles. The van der Waals surface area contributed by atoms with E-state index in [1.807, 2.05) is 0 Å². The van der Waals surface area contributed by atoms with Gasteiger partial charge in [-0.3, -0.25) is 9.59 Å². The molecule has 0 unspecified atom stereocenters. The van der Waals surface area contributed by atoms with Crippen molar-refractivity contribution in [1.82, 2.24) is 19.5 Å². The van der Waals surface area contributed by atoms with Crippen LogP contribution in [0.25, 0.3) is 5.65 Å². The van der Waals surface area contributed by atoms with Crippen LogP contribution in [0.5, 0.6) is 0 Å². The van der Waals surface area contributed by atoms with E-state index in [9.17, 15) is 22.8 Å². The molecule has 0 bridgehead atoms. The highest BCUT2D eigenvalue weighted by molar-refractivity contribution is 6.01.